The first-order valence-corrected chi connectivity index (χ1v) is 4.94. The molecule has 0 radical (unpaired) electrons. The maximum Gasteiger partial charge on any atom is 0.181 e. The van der Waals surface area contributed by atoms with E-state index in [4.69, 9.17) is 5.11 Å². The van der Waals surface area contributed by atoms with Crippen molar-refractivity contribution in [1.82, 2.24) is 15.2 Å². The highest BCUT2D eigenvalue weighted by Crippen LogP contribution is 2.27. The van der Waals surface area contributed by atoms with Crippen LogP contribution in [0.4, 0.5) is 0 Å². The standard InChI is InChI=1S/C11H13N3O2/c1-6-3-8(4-7(2)10(6)16)11-12-9(5-15)13-14-11/h3-4,15-16H,5H2,1-2H3,(H,12,13,14). The lowest BCUT2D eigenvalue weighted by molar-refractivity contribution is 0.272. The number of aliphatic hydroxyl groups is 1. The van der Waals surface area contributed by atoms with E-state index in [1.54, 1.807) is 0 Å². The van der Waals surface area contributed by atoms with Crippen molar-refractivity contribution < 1.29 is 10.2 Å². The lowest BCUT2D eigenvalue weighted by Crippen LogP contribution is -1.87. The molecular weight excluding hydrogens is 206 g/mol. The summed E-state index contributed by atoms with van der Waals surface area (Å²) >= 11 is 0. The normalized spacial score (nSPS) is 10.7. The lowest BCUT2D eigenvalue weighted by Gasteiger charge is -2.04. The van der Waals surface area contributed by atoms with Gasteiger partial charge in [-0.2, -0.15) is 5.10 Å². The largest absolute Gasteiger partial charge is 0.507 e. The van der Waals surface area contributed by atoms with Crippen LogP contribution in [0, 0.1) is 13.8 Å². The second-order valence-corrected chi connectivity index (χ2v) is 3.72. The van der Waals surface area contributed by atoms with Gasteiger partial charge in [0.25, 0.3) is 0 Å². The number of phenolic OH excluding ortho intramolecular Hbond substituents is 1. The highest BCUT2D eigenvalue weighted by Gasteiger charge is 2.09. The molecule has 2 aromatic rings. The molecule has 0 unspecified atom stereocenters. The van der Waals surface area contributed by atoms with Gasteiger partial charge in [-0.15, -0.1) is 0 Å². The Bertz CT molecular complexity index is 497. The second-order valence-electron chi connectivity index (χ2n) is 3.72. The van der Waals surface area contributed by atoms with Gasteiger partial charge in [-0.05, 0) is 37.1 Å². The summed E-state index contributed by atoms with van der Waals surface area (Å²) in [6.07, 6.45) is 0. The third-order valence-corrected chi connectivity index (χ3v) is 2.43. The number of H-pyrrole nitrogens is 1. The zero-order chi connectivity index (χ0) is 11.7. The van der Waals surface area contributed by atoms with Crippen molar-refractivity contribution >= 4 is 0 Å². The number of rotatable bonds is 2. The summed E-state index contributed by atoms with van der Waals surface area (Å²) in [6.45, 7) is 3.49. The van der Waals surface area contributed by atoms with Crippen LogP contribution in [0.15, 0.2) is 12.1 Å². The summed E-state index contributed by atoms with van der Waals surface area (Å²) in [5.74, 6) is 1.25. The van der Waals surface area contributed by atoms with Gasteiger partial charge in [-0.1, -0.05) is 0 Å². The van der Waals surface area contributed by atoms with E-state index in [0.29, 0.717) is 17.4 Å². The number of aromatic hydroxyl groups is 1. The molecule has 0 aliphatic heterocycles. The quantitative estimate of drug-likeness (QED) is 0.710. The van der Waals surface area contributed by atoms with Crippen molar-refractivity contribution in [3.05, 3.63) is 29.1 Å². The van der Waals surface area contributed by atoms with Crippen molar-refractivity contribution in [2.45, 2.75) is 20.5 Å². The Kier molecular flexibility index (Phi) is 2.62. The first-order valence-electron chi connectivity index (χ1n) is 4.94. The average Bonchev–Trinajstić information content (AvgIpc) is 2.73. The third kappa shape index (κ3) is 1.77. The molecule has 5 heteroatoms. The molecule has 0 aliphatic carbocycles. The molecule has 0 bridgehead atoms. The molecule has 0 aliphatic rings. The number of aromatic nitrogens is 3. The minimum absolute atomic E-state index is 0.164. The van der Waals surface area contributed by atoms with E-state index in [9.17, 15) is 5.11 Å². The monoisotopic (exact) mass is 219 g/mol. The number of phenols is 1. The van der Waals surface area contributed by atoms with Gasteiger partial charge >= 0.3 is 0 Å². The molecule has 0 atom stereocenters. The van der Waals surface area contributed by atoms with Gasteiger partial charge in [-0.3, -0.25) is 5.10 Å². The minimum atomic E-state index is -0.164. The Morgan fingerprint density at radius 1 is 1.25 bits per heavy atom. The molecule has 3 N–H and O–H groups in total. The molecule has 0 saturated carbocycles. The number of hydrogen-bond donors (Lipinski definition) is 3. The van der Waals surface area contributed by atoms with Crippen molar-refractivity contribution in [2.24, 2.45) is 0 Å². The summed E-state index contributed by atoms with van der Waals surface area (Å²) < 4.78 is 0. The van der Waals surface area contributed by atoms with Crippen LogP contribution in [0.25, 0.3) is 11.4 Å². The summed E-state index contributed by atoms with van der Waals surface area (Å²) in [6, 6.07) is 3.62. The van der Waals surface area contributed by atoms with Crippen molar-refractivity contribution in [2.75, 3.05) is 0 Å². The molecule has 2 rings (SSSR count). The summed E-state index contributed by atoms with van der Waals surface area (Å²) in [5.41, 5.74) is 2.39. The SMILES string of the molecule is Cc1cc(-c2n[nH]c(CO)n2)cc(C)c1O. The van der Waals surface area contributed by atoms with Gasteiger partial charge in [0.2, 0.25) is 0 Å². The lowest BCUT2D eigenvalue weighted by atomic mass is 10.1. The Labute approximate surface area is 92.8 Å². The maximum absolute atomic E-state index is 9.64. The van der Waals surface area contributed by atoms with Gasteiger partial charge in [0.1, 0.15) is 12.4 Å². The number of aromatic amines is 1. The van der Waals surface area contributed by atoms with E-state index in [1.165, 1.54) is 0 Å². The third-order valence-electron chi connectivity index (χ3n) is 2.43. The van der Waals surface area contributed by atoms with E-state index in [2.05, 4.69) is 15.2 Å². The van der Waals surface area contributed by atoms with Crippen molar-refractivity contribution in [3.63, 3.8) is 0 Å². The van der Waals surface area contributed by atoms with Crippen LogP contribution in [0.5, 0.6) is 5.75 Å². The van der Waals surface area contributed by atoms with E-state index in [-0.39, 0.29) is 6.61 Å². The van der Waals surface area contributed by atoms with Crippen LogP contribution in [0.3, 0.4) is 0 Å². The van der Waals surface area contributed by atoms with Crippen LogP contribution in [-0.4, -0.2) is 25.4 Å². The van der Waals surface area contributed by atoms with E-state index in [1.807, 2.05) is 26.0 Å². The summed E-state index contributed by atoms with van der Waals surface area (Å²) in [5, 5.41) is 25.1. The molecule has 0 fully saturated rings. The van der Waals surface area contributed by atoms with Crippen molar-refractivity contribution in [3.8, 4) is 17.1 Å². The Morgan fingerprint density at radius 2 is 1.88 bits per heavy atom. The highest BCUT2D eigenvalue weighted by atomic mass is 16.3. The zero-order valence-electron chi connectivity index (χ0n) is 9.15. The van der Waals surface area contributed by atoms with Gasteiger partial charge in [0, 0.05) is 5.56 Å². The van der Waals surface area contributed by atoms with Crippen LogP contribution >= 0.6 is 0 Å². The van der Waals surface area contributed by atoms with E-state index in [0.717, 1.165) is 16.7 Å². The van der Waals surface area contributed by atoms with Crippen molar-refractivity contribution in [1.29, 1.82) is 0 Å². The zero-order valence-corrected chi connectivity index (χ0v) is 9.15. The number of aliphatic hydroxyl groups excluding tert-OH is 1. The predicted octanol–water partition coefficient (Wildman–Crippen LogP) is 1.29. The van der Waals surface area contributed by atoms with Gasteiger partial charge in [0.05, 0.1) is 0 Å². The highest BCUT2D eigenvalue weighted by molar-refractivity contribution is 5.60. The molecule has 1 aromatic heterocycles. The maximum atomic E-state index is 9.64. The van der Waals surface area contributed by atoms with E-state index >= 15 is 0 Å². The number of nitrogens with zero attached hydrogens (tertiary/aromatic N) is 2. The minimum Gasteiger partial charge on any atom is -0.507 e. The number of hydrogen-bond acceptors (Lipinski definition) is 4. The van der Waals surface area contributed by atoms with Crippen LogP contribution in [-0.2, 0) is 6.61 Å². The van der Waals surface area contributed by atoms with Crippen LogP contribution in [0.1, 0.15) is 17.0 Å². The molecule has 84 valence electrons. The smallest absolute Gasteiger partial charge is 0.181 e. The Hall–Kier alpha value is -1.88. The first-order chi connectivity index (χ1) is 7.61. The molecule has 0 saturated heterocycles. The fourth-order valence-electron chi connectivity index (χ4n) is 1.58. The van der Waals surface area contributed by atoms with Gasteiger partial charge in [0.15, 0.2) is 11.6 Å². The fourth-order valence-corrected chi connectivity index (χ4v) is 1.58. The Balaban J connectivity index is 2.48. The molecule has 5 nitrogen and oxygen atoms in total. The van der Waals surface area contributed by atoms with E-state index < -0.39 is 0 Å². The average molecular weight is 219 g/mol. The van der Waals surface area contributed by atoms with Gasteiger partial charge < -0.3 is 10.2 Å². The number of benzene rings is 1. The number of aryl methyl sites for hydroxylation is 2. The topological polar surface area (TPSA) is 82.0 Å². The van der Waals surface area contributed by atoms with Gasteiger partial charge in [-0.25, -0.2) is 4.98 Å². The Morgan fingerprint density at radius 3 is 2.38 bits per heavy atom. The van der Waals surface area contributed by atoms with Crippen LogP contribution in [0.2, 0.25) is 0 Å². The van der Waals surface area contributed by atoms with Crippen LogP contribution < -0.4 is 0 Å². The molecular formula is C11H13N3O2. The molecule has 0 spiro atoms. The molecule has 0 amide bonds. The first kappa shape index (κ1) is 10.6. The second kappa shape index (κ2) is 3.94. The molecule has 1 aromatic carbocycles. The summed E-state index contributed by atoms with van der Waals surface area (Å²) in [4.78, 5) is 4.11. The molecule has 1 heterocycles. The predicted molar refractivity (Wildman–Crippen MR) is 58.9 cm³/mol. The number of nitrogens with one attached hydrogen (secondary N) is 1. The fraction of sp³-hybridized carbons (Fsp3) is 0.273. The summed E-state index contributed by atoms with van der Waals surface area (Å²) in [7, 11) is 0. The molecule has 16 heavy (non-hydrogen) atoms.